The highest BCUT2D eigenvalue weighted by Crippen LogP contribution is 2.52. The summed E-state index contributed by atoms with van der Waals surface area (Å²) in [5.41, 5.74) is 1.68. The molecule has 1 aliphatic heterocycles. The molecule has 1 N–H and O–H groups in total. The Morgan fingerprint density at radius 1 is 1.26 bits per heavy atom. The second-order valence-electron chi connectivity index (χ2n) is 6.38. The van der Waals surface area contributed by atoms with Gasteiger partial charge in [0, 0.05) is 5.92 Å². The number of hydrogen-bond donors (Lipinski definition) is 1. The smallest absolute Gasteiger partial charge is 0.0899 e. The fraction of sp³-hybridized carbons (Fsp3) is 0.529. The standard InChI is InChI=1S/C17H22O2/c1-16(2,18)15-12-19-17(9-6-10-17)14(15)11-13-7-4-3-5-8-13/h3-5,7-8,11,15,18H,6,9-10,12H2,1-2H3/b14-11-. The Kier molecular flexibility index (Phi) is 3.03. The Bertz CT molecular complexity index is 478. The minimum absolute atomic E-state index is 0.0828. The van der Waals surface area contributed by atoms with Crippen LogP contribution in [0.25, 0.3) is 6.08 Å². The average molecular weight is 258 g/mol. The van der Waals surface area contributed by atoms with E-state index in [1.54, 1.807) is 0 Å². The van der Waals surface area contributed by atoms with E-state index in [9.17, 15) is 5.11 Å². The molecule has 0 aromatic heterocycles. The molecule has 2 nitrogen and oxygen atoms in total. The van der Waals surface area contributed by atoms with Crippen molar-refractivity contribution < 1.29 is 9.84 Å². The van der Waals surface area contributed by atoms with Crippen LogP contribution < -0.4 is 0 Å². The first kappa shape index (κ1) is 12.9. The molecule has 1 saturated heterocycles. The van der Waals surface area contributed by atoms with Crippen molar-refractivity contribution in [3.05, 3.63) is 41.5 Å². The van der Waals surface area contributed by atoms with Crippen molar-refractivity contribution in [1.29, 1.82) is 0 Å². The molecule has 1 heterocycles. The van der Waals surface area contributed by atoms with Gasteiger partial charge in [0.1, 0.15) is 0 Å². The zero-order valence-electron chi connectivity index (χ0n) is 11.7. The summed E-state index contributed by atoms with van der Waals surface area (Å²) in [6.07, 6.45) is 5.65. The first-order valence-electron chi connectivity index (χ1n) is 7.15. The molecule has 1 spiro atoms. The molecule has 102 valence electrons. The number of ether oxygens (including phenoxy) is 1. The molecule has 3 rings (SSSR count). The largest absolute Gasteiger partial charge is 0.390 e. The van der Waals surface area contributed by atoms with Crippen LogP contribution in [0.3, 0.4) is 0 Å². The zero-order chi connectivity index (χ0) is 13.5. The summed E-state index contributed by atoms with van der Waals surface area (Å²) < 4.78 is 6.07. The van der Waals surface area contributed by atoms with Crippen LogP contribution in [0.2, 0.25) is 0 Å². The van der Waals surface area contributed by atoms with Crippen molar-refractivity contribution in [3.63, 3.8) is 0 Å². The molecule has 0 radical (unpaired) electrons. The van der Waals surface area contributed by atoms with E-state index in [0.29, 0.717) is 6.61 Å². The van der Waals surface area contributed by atoms with Gasteiger partial charge in [-0.3, -0.25) is 0 Å². The van der Waals surface area contributed by atoms with Gasteiger partial charge in [-0.05, 0) is 44.2 Å². The van der Waals surface area contributed by atoms with E-state index in [4.69, 9.17) is 4.74 Å². The van der Waals surface area contributed by atoms with Crippen LogP contribution >= 0.6 is 0 Å². The van der Waals surface area contributed by atoms with Crippen LogP contribution in [0.4, 0.5) is 0 Å². The second-order valence-corrected chi connectivity index (χ2v) is 6.38. The molecule has 0 bridgehead atoms. The van der Waals surface area contributed by atoms with Crippen LogP contribution in [-0.4, -0.2) is 22.9 Å². The zero-order valence-corrected chi connectivity index (χ0v) is 11.7. The minimum Gasteiger partial charge on any atom is -0.390 e. The Hall–Kier alpha value is -1.12. The van der Waals surface area contributed by atoms with Gasteiger partial charge >= 0.3 is 0 Å². The summed E-state index contributed by atoms with van der Waals surface area (Å²) in [5, 5.41) is 10.4. The highest BCUT2D eigenvalue weighted by atomic mass is 16.5. The van der Waals surface area contributed by atoms with E-state index < -0.39 is 5.60 Å². The number of benzene rings is 1. The summed E-state index contributed by atoms with van der Waals surface area (Å²) in [5.74, 6) is 0.105. The predicted octanol–water partition coefficient (Wildman–Crippen LogP) is 3.41. The van der Waals surface area contributed by atoms with Gasteiger partial charge in [-0.2, -0.15) is 0 Å². The molecule has 1 aromatic rings. The minimum atomic E-state index is -0.723. The van der Waals surface area contributed by atoms with E-state index >= 15 is 0 Å². The fourth-order valence-electron chi connectivity index (χ4n) is 3.21. The summed E-state index contributed by atoms with van der Waals surface area (Å²) >= 11 is 0. The highest BCUT2D eigenvalue weighted by Gasteiger charge is 2.52. The Morgan fingerprint density at radius 3 is 2.47 bits per heavy atom. The van der Waals surface area contributed by atoms with E-state index in [1.807, 2.05) is 19.9 Å². The van der Waals surface area contributed by atoms with Gasteiger partial charge in [-0.25, -0.2) is 0 Å². The summed E-state index contributed by atoms with van der Waals surface area (Å²) in [6, 6.07) is 10.3. The third kappa shape index (κ3) is 2.24. The fourth-order valence-corrected chi connectivity index (χ4v) is 3.21. The number of rotatable bonds is 2. The maximum absolute atomic E-state index is 10.4. The molecule has 2 fully saturated rings. The molecule has 1 aliphatic carbocycles. The maximum atomic E-state index is 10.4. The van der Waals surface area contributed by atoms with Crippen LogP contribution in [-0.2, 0) is 4.74 Å². The Morgan fingerprint density at radius 2 is 1.95 bits per heavy atom. The summed E-state index contributed by atoms with van der Waals surface area (Å²) in [7, 11) is 0. The Labute approximate surface area is 115 Å². The quantitative estimate of drug-likeness (QED) is 0.881. The van der Waals surface area contributed by atoms with E-state index in [1.165, 1.54) is 17.6 Å². The van der Waals surface area contributed by atoms with Crippen molar-refractivity contribution in [3.8, 4) is 0 Å². The molecule has 2 heteroatoms. The van der Waals surface area contributed by atoms with Crippen molar-refractivity contribution >= 4 is 6.08 Å². The second kappa shape index (κ2) is 4.46. The molecule has 1 aromatic carbocycles. The number of hydrogen-bond acceptors (Lipinski definition) is 2. The van der Waals surface area contributed by atoms with Gasteiger partial charge in [0.25, 0.3) is 0 Å². The van der Waals surface area contributed by atoms with Crippen LogP contribution in [0.1, 0.15) is 38.7 Å². The molecule has 1 saturated carbocycles. The van der Waals surface area contributed by atoms with E-state index in [0.717, 1.165) is 12.8 Å². The van der Waals surface area contributed by atoms with Crippen molar-refractivity contribution in [2.75, 3.05) is 6.61 Å². The van der Waals surface area contributed by atoms with Crippen LogP contribution in [0.5, 0.6) is 0 Å². The topological polar surface area (TPSA) is 29.5 Å². The van der Waals surface area contributed by atoms with Gasteiger partial charge in [-0.1, -0.05) is 36.4 Å². The molecule has 1 atom stereocenters. The third-order valence-electron chi connectivity index (χ3n) is 4.56. The monoisotopic (exact) mass is 258 g/mol. The normalized spacial score (nSPS) is 27.7. The van der Waals surface area contributed by atoms with Crippen LogP contribution in [0.15, 0.2) is 35.9 Å². The SMILES string of the molecule is CC(C)(O)C1COC2(CCC2)/C1=C\c1ccccc1. The lowest BCUT2D eigenvalue weighted by Crippen LogP contribution is -2.40. The van der Waals surface area contributed by atoms with E-state index in [2.05, 4.69) is 30.3 Å². The van der Waals surface area contributed by atoms with Gasteiger partial charge in [0.15, 0.2) is 0 Å². The maximum Gasteiger partial charge on any atom is 0.0899 e. The Balaban J connectivity index is 1.99. The van der Waals surface area contributed by atoms with E-state index in [-0.39, 0.29) is 11.5 Å². The summed E-state index contributed by atoms with van der Waals surface area (Å²) in [4.78, 5) is 0. The third-order valence-corrected chi connectivity index (χ3v) is 4.56. The van der Waals surface area contributed by atoms with Crippen LogP contribution in [0, 0.1) is 5.92 Å². The van der Waals surface area contributed by atoms with Crippen molar-refractivity contribution in [2.24, 2.45) is 5.92 Å². The first-order valence-corrected chi connectivity index (χ1v) is 7.15. The van der Waals surface area contributed by atoms with Gasteiger partial charge < -0.3 is 9.84 Å². The average Bonchev–Trinajstić information content (AvgIpc) is 2.69. The lowest BCUT2D eigenvalue weighted by atomic mass is 9.69. The summed E-state index contributed by atoms with van der Waals surface area (Å²) in [6.45, 7) is 4.41. The van der Waals surface area contributed by atoms with Gasteiger partial charge in [0.2, 0.25) is 0 Å². The van der Waals surface area contributed by atoms with Crippen molar-refractivity contribution in [2.45, 2.75) is 44.3 Å². The predicted molar refractivity (Wildman–Crippen MR) is 76.7 cm³/mol. The molecule has 1 unspecified atom stereocenters. The molecular formula is C17H22O2. The highest BCUT2D eigenvalue weighted by molar-refractivity contribution is 5.57. The lowest BCUT2D eigenvalue weighted by molar-refractivity contribution is -0.0448. The molecule has 2 aliphatic rings. The molecule has 19 heavy (non-hydrogen) atoms. The van der Waals surface area contributed by atoms with Gasteiger partial charge in [-0.15, -0.1) is 0 Å². The number of aliphatic hydroxyl groups is 1. The lowest BCUT2D eigenvalue weighted by Gasteiger charge is -2.40. The van der Waals surface area contributed by atoms with Crippen molar-refractivity contribution in [1.82, 2.24) is 0 Å². The molecule has 0 amide bonds. The molecular weight excluding hydrogens is 236 g/mol. The van der Waals surface area contributed by atoms with Gasteiger partial charge in [0.05, 0.1) is 17.8 Å². The first-order chi connectivity index (χ1) is 9.01.